The van der Waals surface area contributed by atoms with Crippen LogP contribution in [0.15, 0.2) is 12.1 Å². The van der Waals surface area contributed by atoms with Crippen molar-refractivity contribution in [2.24, 2.45) is 5.92 Å². The lowest BCUT2D eigenvalue weighted by molar-refractivity contribution is 0.0614. The van der Waals surface area contributed by atoms with E-state index in [9.17, 15) is 8.78 Å². The standard InChI is InChI=1S/C13H14F2N2S/c1-7-3-4-8(2)11-10(7)16-13(18-11)17-5-9(6-17)12(14)15/h3-4,9,12H,5-6H2,1-2H3. The van der Waals surface area contributed by atoms with Gasteiger partial charge in [-0.2, -0.15) is 0 Å². The van der Waals surface area contributed by atoms with Gasteiger partial charge in [-0.25, -0.2) is 13.8 Å². The van der Waals surface area contributed by atoms with Crippen molar-refractivity contribution in [3.63, 3.8) is 0 Å². The van der Waals surface area contributed by atoms with Crippen LogP contribution in [0.5, 0.6) is 0 Å². The predicted molar refractivity (Wildman–Crippen MR) is 70.8 cm³/mol. The maximum absolute atomic E-state index is 12.5. The predicted octanol–water partition coefficient (Wildman–Crippen LogP) is 3.61. The van der Waals surface area contributed by atoms with Crippen molar-refractivity contribution in [3.05, 3.63) is 23.3 Å². The van der Waals surface area contributed by atoms with E-state index in [0.717, 1.165) is 16.2 Å². The van der Waals surface area contributed by atoms with Gasteiger partial charge in [0.2, 0.25) is 6.43 Å². The second-order valence-electron chi connectivity index (χ2n) is 4.87. The molecular weight excluding hydrogens is 254 g/mol. The number of alkyl halides is 2. The summed E-state index contributed by atoms with van der Waals surface area (Å²) < 4.78 is 26.1. The molecule has 0 saturated carbocycles. The highest BCUT2D eigenvalue weighted by atomic mass is 32.1. The number of aryl methyl sites for hydroxylation is 2. The van der Waals surface area contributed by atoms with Crippen molar-refractivity contribution in [1.29, 1.82) is 0 Å². The summed E-state index contributed by atoms with van der Waals surface area (Å²) in [5, 5.41) is 0.874. The molecule has 1 aliphatic heterocycles. The first kappa shape index (κ1) is 11.8. The molecule has 2 heterocycles. The van der Waals surface area contributed by atoms with Gasteiger partial charge in [0.05, 0.1) is 16.1 Å². The average Bonchev–Trinajstić information content (AvgIpc) is 2.66. The Balaban J connectivity index is 1.91. The zero-order chi connectivity index (χ0) is 12.9. The van der Waals surface area contributed by atoms with Gasteiger partial charge in [0.15, 0.2) is 5.13 Å². The van der Waals surface area contributed by atoms with Crippen LogP contribution in [0.2, 0.25) is 0 Å². The van der Waals surface area contributed by atoms with Crippen molar-refractivity contribution >= 4 is 26.7 Å². The van der Waals surface area contributed by atoms with Crippen molar-refractivity contribution < 1.29 is 8.78 Å². The van der Waals surface area contributed by atoms with E-state index in [2.05, 4.69) is 24.0 Å². The molecule has 0 bridgehead atoms. The highest BCUT2D eigenvalue weighted by Gasteiger charge is 2.35. The smallest absolute Gasteiger partial charge is 0.244 e. The third-order valence-corrected chi connectivity index (χ3v) is 4.72. The highest BCUT2D eigenvalue weighted by Crippen LogP contribution is 2.36. The van der Waals surface area contributed by atoms with Gasteiger partial charge in [-0.05, 0) is 25.0 Å². The lowest BCUT2D eigenvalue weighted by Gasteiger charge is -2.38. The molecule has 0 amide bonds. The van der Waals surface area contributed by atoms with E-state index in [1.165, 1.54) is 10.3 Å². The topological polar surface area (TPSA) is 16.1 Å². The Morgan fingerprint density at radius 3 is 2.56 bits per heavy atom. The zero-order valence-electron chi connectivity index (χ0n) is 10.3. The molecule has 2 aromatic rings. The second-order valence-corrected chi connectivity index (χ2v) is 5.85. The van der Waals surface area contributed by atoms with Crippen LogP contribution in [0.25, 0.3) is 10.2 Å². The number of nitrogens with zero attached hydrogens (tertiary/aromatic N) is 2. The average molecular weight is 268 g/mol. The molecule has 3 rings (SSSR count). The molecule has 0 spiro atoms. The van der Waals surface area contributed by atoms with Gasteiger partial charge in [-0.1, -0.05) is 23.5 Å². The molecule has 18 heavy (non-hydrogen) atoms. The molecule has 96 valence electrons. The van der Waals surface area contributed by atoms with Gasteiger partial charge < -0.3 is 4.90 Å². The van der Waals surface area contributed by atoms with E-state index >= 15 is 0 Å². The van der Waals surface area contributed by atoms with E-state index in [1.807, 2.05) is 11.8 Å². The molecule has 0 N–H and O–H groups in total. The van der Waals surface area contributed by atoms with Crippen LogP contribution in [0.3, 0.4) is 0 Å². The minimum atomic E-state index is -2.21. The Hall–Kier alpha value is -1.23. The number of rotatable bonds is 2. The number of halogens is 2. The van der Waals surface area contributed by atoms with Crippen molar-refractivity contribution in [2.75, 3.05) is 18.0 Å². The van der Waals surface area contributed by atoms with E-state index in [0.29, 0.717) is 13.1 Å². The van der Waals surface area contributed by atoms with Crippen LogP contribution < -0.4 is 4.90 Å². The first-order chi connectivity index (χ1) is 8.56. The fourth-order valence-corrected chi connectivity index (χ4v) is 3.34. The largest absolute Gasteiger partial charge is 0.347 e. The summed E-state index contributed by atoms with van der Waals surface area (Å²) in [6.07, 6.45) is -2.21. The third-order valence-electron chi connectivity index (χ3n) is 3.47. The van der Waals surface area contributed by atoms with Crippen LogP contribution in [0, 0.1) is 19.8 Å². The Morgan fingerprint density at radius 1 is 1.28 bits per heavy atom. The minimum Gasteiger partial charge on any atom is -0.347 e. The van der Waals surface area contributed by atoms with Crippen molar-refractivity contribution in [2.45, 2.75) is 20.3 Å². The van der Waals surface area contributed by atoms with E-state index in [4.69, 9.17) is 0 Å². The lowest BCUT2D eigenvalue weighted by Crippen LogP contribution is -2.50. The fraction of sp³-hybridized carbons (Fsp3) is 0.462. The van der Waals surface area contributed by atoms with Crippen LogP contribution in [0.4, 0.5) is 13.9 Å². The molecule has 0 radical (unpaired) electrons. The molecule has 0 unspecified atom stereocenters. The maximum atomic E-state index is 12.5. The summed E-state index contributed by atoms with van der Waals surface area (Å²) in [6, 6.07) is 4.14. The number of fused-ring (bicyclic) bond motifs is 1. The quantitative estimate of drug-likeness (QED) is 0.827. The number of benzene rings is 1. The molecular formula is C13H14F2N2S. The highest BCUT2D eigenvalue weighted by molar-refractivity contribution is 7.22. The Kier molecular flexibility index (Phi) is 2.73. The Morgan fingerprint density at radius 2 is 1.94 bits per heavy atom. The lowest BCUT2D eigenvalue weighted by atomic mass is 10.0. The minimum absolute atomic E-state index is 0.426. The van der Waals surface area contributed by atoms with Crippen LogP contribution >= 0.6 is 11.3 Å². The number of hydrogen-bond acceptors (Lipinski definition) is 3. The van der Waals surface area contributed by atoms with Gasteiger partial charge in [-0.3, -0.25) is 0 Å². The third kappa shape index (κ3) is 1.77. The molecule has 1 saturated heterocycles. The van der Waals surface area contributed by atoms with Gasteiger partial charge in [0, 0.05) is 13.1 Å². The Bertz CT molecular complexity index is 549. The summed E-state index contributed by atoms with van der Waals surface area (Å²) in [7, 11) is 0. The molecule has 2 nitrogen and oxygen atoms in total. The van der Waals surface area contributed by atoms with Gasteiger partial charge in [-0.15, -0.1) is 0 Å². The molecule has 5 heteroatoms. The molecule has 1 aliphatic rings. The molecule has 0 atom stereocenters. The van der Waals surface area contributed by atoms with Crippen LogP contribution in [-0.4, -0.2) is 24.5 Å². The fourth-order valence-electron chi connectivity index (χ4n) is 2.21. The van der Waals surface area contributed by atoms with E-state index in [1.54, 1.807) is 11.3 Å². The molecule has 0 aliphatic carbocycles. The molecule has 1 fully saturated rings. The normalized spacial score (nSPS) is 16.6. The molecule has 1 aromatic heterocycles. The summed E-state index contributed by atoms with van der Waals surface area (Å²) >= 11 is 1.61. The summed E-state index contributed by atoms with van der Waals surface area (Å²) in [4.78, 5) is 6.53. The zero-order valence-corrected chi connectivity index (χ0v) is 11.1. The summed E-state index contributed by atoms with van der Waals surface area (Å²) in [5.74, 6) is -0.487. The van der Waals surface area contributed by atoms with Gasteiger partial charge >= 0.3 is 0 Å². The van der Waals surface area contributed by atoms with Crippen molar-refractivity contribution in [3.8, 4) is 0 Å². The van der Waals surface area contributed by atoms with Crippen LogP contribution in [-0.2, 0) is 0 Å². The number of thiazole rings is 1. The molecule has 1 aromatic carbocycles. The SMILES string of the molecule is Cc1ccc(C)c2sc(N3CC(C(F)F)C3)nc12. The number of aromatic nitrogens is 1. The Labute approximate surface area is 108 Å². The van der Waals surface area contributed by atoms with Crippen molar-refractivity contribution in [1.82, 2.24) is 4.98 Å². The first-order valence-electron chi connectivity index (χ1n) is 5.96. The summed E-state index contributed by atoms with van der Waals surface area (Å²) in [6.45, 7) is 4.94. The maximum Gasteiger partial charge on any atom is 0.244 e. The number of anilines is 1. The monoisotopic (exact) mass is 268 g/mol. The van der Waals surface area contributed by atoms with E-state index in [-0.39, 0.29) is 0 Å². The number of hydrogen-bond donors (Lipinski definition) is 0. The summed E-state index contributed by atoms with van der Waals surface area (Å²) in [5.41, 5.74) is 3.35. The van der Waals surface area contributed by atoms with Crippen LogP contribution in [0.1, 0.15) is 11.1 Å². The first-order valence-corrected chi connectivity index (χ1v) is 6.77. The van der Waals surface area contributed by atoms with Gasteiger partial charge in [0.25, 0.3) is 0 Å². The van der Waals surface area contributed by atoms with Gasteiger partial charge in [0.1, 0.15) is 0 Å². The second kappa shape index (κ2) is 4.16. The van der Waals surface area contributed by atoms with E-state index < -0.39 is 12.3 Å².